The summed E-state index contributed by atoms with van der Waals surface area (Å²) in [6.45, 7) is 5.14. The summed E-state index contributed by atoms with van der Waals surface area (Å²) in [6.07, 6.45) is 1.94. The van der Waals surface area contributed by atoms with Gasteiger partial charge in [0.2, 0.25) is 0 Å². The van der Waals surface area contributed by atoms with Gasteiger partial charge in [0.1, 0.15) is 0 Å². The van der Waals surface area contributed by atoms with E-state index in [0.29, 0.717) is 11.5 Å². The predicted molar refractivity (Wildman–Crippen MR) is 62.8 cm³/mol. The van der Waals surface area contributed by atoms with Crippen molar-refractivity contribution in [1.82, 2.24) is 10.2 Å². The Kier molecular flexibility index (Phi) is 5.02. The fourth-order valence-electron chi connectivity index (χ4n) is 1.91. The molecule has 0 radical (unpaired) electrons. The first-order valence-electron chi connectivity index (χ1n) is 5.66. The first-order chi connectivity index (χ1) is 7.03. The van der Waals surface area contributed by atoms with Crippen LogP contribution in [-0.2, 0) is 9.84 Å². The Balaban J connectivity index is 2.11. The van der Waals surface area contributed by atoms with E-state index < -0.39 is 9.84 Å². The molecule has 5 heteroatoms. The second-order valence-electron chi connectivity index (χ2n) is 4.36. The molecule has 0 saturated carbocycles. The van der Waals surface area contributed by atoms with E-state index in [1.165, 1.54) is 0 Å². The summed E-state index contributed by atoms with van der Waals surface area (Å²) in [5.74, 6) is 0.681. The fourth-order valence-corrected chi connectivity index (χ4v) is 3.62. The van der Waals surface area contributed by atoms with Crippen molar-refractivity contribution in [3.63, 3.8) is 0 Å². The van der Waals surface area contributed by atoms with E-state index in [0.717, 1.165) is 32.5 Å². The second-order valence-corrected chi connectivity index (χ2v) is 6.59. The minimum absolute atomic E-state index is 0.185. The number of hydrogen-bond acceptors (Lipinski definition) is 4. The van der Waals surface area contributed by atoms with Crippen molar-refractivity contribution in [2.75, 3.05) is 38.2 Å². The van der Waals surface area contributed by atoms with E-state index in [1.807, 2.05) is 0 Å². The van der Waals surface area contributed by atoms with Crippen LogP contribution in [0.4, 0.5) is 0 Å². The van der Waals surface area contributed by atoms with Crippen molar-refractivity contribution in [2.24, 2.45) is 0 Å². The summed E-state index contributed by atoms with van der Waals surface area (Å²) in [5.41, 5.74) is 0. The van der Waals surface area contributed by atoms with E-state index in [4.69, 9.17) is 0 Å². The largest absolute Gasteiger partial charge is 0.312 e. The molecule has 1 N–H and O–H groups in total. The minimum atomic E-state index is -2.73. The zero-order valence-corrected chi connectivity index (χ0v) is 10.5. The molecule has 0 aromatic heterocycles. The van der Waals surface area contributed by atoms with Crippen LogP contribution in [0.25, 0.3) is 0 Å². The molecule has 1 unspecified atom stereocenters. The lowest BCUT2D eigenvalue weighted by molar-refractivity contribution is 0.326. The van der Waals surface area contributed by atoms with Crippen LogP contribution in [0.15, 0.2) is 0 Å². The molecule has 1 saturated heterocycles. The molecular formula is C10H22N2O2S. The third-order valence-electron chi connectivity index (χ3n) is 2.76. The molecule has 0 aromatic carbocycles. The molecule has 0 amide bonds. The van der Waals surface area contributed by atoms with Gasteiger partial charge >= 0.3 is 0 Å². The van der Waals surface area contributed by atoms with Gasteiger partial charge in [-0.15, -0.1) is 0 Å². The Labute approximate surface area is 93.0 Å². The van der Waals surface area contributed by atoms with Crippen molar-refractivity contribution < 1.29 is 8.42 Å². The van der Waals surface area contributed by atoms with E-state index >= 15 is 0 Å². The van der Waals surface area contributed by atoms with Gasteiger partial charge in [-0.3, -0.25) is 0 Å². The van der Waals surface area contributed by atoms with Crippen LogP contribution >= 0.6 is 0 Å². The number of nitrogens with zero attached hydrogens (tertiary/aromatic N) is 1. The van der Waals surface area contributed by atoms with Crippen LogP contribution in [0.3, 0.4) is 0 Å². The van der Waals surface area contributed by atoms with Crippen LogP contribution < -0.4 is 5.32 Å². The van der Waals surface area contributed by atoms with Crippen molar-refractivity contribution in [3.8, 4) is 0 Å². The van der Waals surface area contributed by atoms with E-state index in [9.17, 15) is 8.42 Å². The average Bonchev–Trinajstić information content (AvgIpc) is 2.46. The molecular weight excluding hydrogens is 212 g/mol. The Morgan fingerprint density at radius 1 is 1.40 bits per heavy atom. The maximum absolute atomic E-state index is 11.2. The van der Waals surface area contributed by atoms with E-state index in [-0.39, 0.29) is 6.04 Å². The number of sulfone groups is 1. The van der Waals surface area contributed by atoms with Gasteiger partial charge in [0.25, 0.3) is 0 Å². The summed E-state index contributed by atoms with van der Waals surface area (Å²) < 4.78 is 22.4. The second kappa shape index (κ2) is 5.82. The topological polar surface area (TPSA) is 49.4 Å². The molecule has 1 aliphatic heterocycles. The van der Waals surface area contributed by atoms with Crippen molar-refractivity contribution >= 4 is 9.84 Å². The van der Waals surface area contributed by atoms with Crippen LogP contribution in [0, 0.1) is 0 Å². The predicted octanol–water partition coefficient (Wildman–Crippen LogP) is 0.105. The number of hydrogen-bond donors (Lipinski definition) is 1. The Bertz CT molecular complexity index is 277. The molecule has 1 rings (SSSR count). The normalized spacial score (nSPS) is 24.9. The average molecular weight is 234 g/mol. The van der Waals surface area contributed by atoms with Crippen molar-refractivity contribution in [2.45, 2.75) is 25.8 Å². The first kappa shape index (κ1) is 12.9. The lowest BCUT2D eigenvalue weighted by Gasteiger charge is -2.17. The highest BCUT2D eigenvalue weighted by Gasteiger charge is 2.26. The van der Waals surface area contributed by atoms with Gasteiger partial charge in [-0.1, -0.05) is 6.92 Å². The third-order valence-corrected chi connectivity index (χ3v) is 4.53. The van der Waals surface area contributed by atoms with Gasteiger partial charge in [-0.05, 0) is 26.4 Å². The lowest BCUT2D eigenvalue weighted by Crippen LogP contribution is -2.36. The van der Waals surface area contributed by atoms with Crippen LogP contribution in [-0.4, -0.2) is 57.5 Å². The highest BCUT2D eigenvalue weighted by atomic mass is 32.2. The number of likely N-dealkylation sites (N-methyl/N-ethyl adjacent to an activating group) is 1. The summed E-state index contributed by atoms with van der Waals surface area (Å²) >= 11 is 0. The molecule has 4 nitrogen and oxygen atoms in total. The Hall–Kier alpha value is -0.130. The van der Waals surface area contributed by atoms with Crippen molar-refractivity contribution in [3.05, 3.63) is 0 Å². The van der Waals surface area contributed by atoms with Crippen molar-refractivity contribution in [1.29, 1.82) is 0 Å². The highest BCUT2D eigenvalue weighted by molar-refractivity contribution is 7.91. The molecule has 15 heavy (non-hydrogen) atoms. The molecule has 0 aliphatic carbocycles. The molecule has 90 valence electrons. The summed E-state index contributed by atoms with van der Waals surface area (Å²) in [4.78, 5) is 2.26. The van der Waals surface area contributed by atoms with Gasteiger partial charge in [0.05, 0.1) is 11.5 Å². The summed E-state index contributed by atoms with van der Waals surface area (Å²) in [6, 6.07) is 0.185. The monoisotopic (exact) mass is 234 g/mol. The molecule has 1 fully saturated rings. The van der Waals surface area contributed by atoms with E-state index in [2.05, 4.69) is 24.2 Å². The third kappa shape index (κ3) is 4.95. The minimum Gasteiger partial charge on any atom is -0.312 e. The maximum atomic E-state index is 11.2. The zero-order chi connectivity index (χ0) is 11.3. The molecule has 0 spiro atoms. The quantitative estimate of drug-likeness (QED) is 0.708. The van der Waals surface area contributed by atoms with Gasteiger partial charge in [-0.2, -0.15) is 0 Å². The van der Waals surface area contributed by atoms with Crippen LogP contribution in [0.1, 0.15) is 19.8 Å². The highest BCUT2D eigenvalue weighted by Crippen LogP contribution is 2.10. The smallest absolute Gasteiger partial charge is 0.151 e. The first-order valence-corrected chi connectivity index (χ1v) is 7.48. The Morgan fingerprint density at radius 2 is 2.13 bits per heavy atom. The molecule has 1 atom stereocenters. The van der Waals surface area contributed by atoms with Gasteiger partial charge < -0.3 is 10.2 Å². The van der Waals surface area contributed by atoms with Gasteiger partial charge in [-0.25, -0.2) is 8.42 Å². The molecule has 0 bridgehead atoms. The Morgan fingerprint density at radius 3 is 2.67 bits per heavy atom. The van der Waals surface area contributed by atoms with Gasteiger partial charge in [0, 0.05) is 19.1 Å². The standard InChI is InChI=1S/C10H22N2O2S/c1-3-6-12(2)7-5-11-10-4-8-15(13,14)9-10/h10-11H,3-9H2,1-2H3. The maximum Gasteiger partial charge on any atom is 0.151 e. The molecule has 1 heterocycles. The molecule has 1 aliphatic rings. The SMILES string of the molecule is CCCN(C)CCNC1CCS(=O)(=O)C1. The fraction of sp³-hybridized carbons (Fsp3) is 1.00. The van der Waals surface area contributed by atoms with Crippen LogP contribution in [0.5, 0.6) is 0 Å². The number of rotatable bonds is 6. The summed E-state index contributed by atoms with van der Waals surface area (Å²) in [5, 5.41) is 3.31. The zero-order valence-electron chi connectivity index (χ0n) is 9.70. The molecule has 0 aromatic rings. The van der Waals surface area contributed by atoms with E-state index in [1.54, 1.807) is 0 Å². The van der Waals surface area contributed by atoms with Crippen LogP contribution in [0.2, 0.25) is 0 Å². The lowest BCUT2D eigenvalue weighted by atomic mass is 10.2. The van der Waals surface area contributed by atoms with Gasteiger partial charge in [0.15, 0.2) is 9.84 Å². The number of nitrogens with one attached hydrogen (secondary N) is 1. The summed E-state index contributed by atoms with van der Waals surface area (Å²) in [7, 11) is -0.639.